The van der Waals surface area contributed by atoms with Gasteiger partial charge in [0.15, 0.2) is 0 Å². The van der Waals surface area contributed by atoms with Gasteiger partial charge in [0, 0.05) is 10.5 Å². The summed E-state index contributed by atoms with van der Waals surface area (Å²) in [4.78, 5) is 0. The van der Waals surface area contributed by atoms with Crippen molar-refractivity contribution in [1.29, 1.82) is 5.26 Å². The van der Waals surface area contributed by atoms with Crippen molar-refractivity contribution in [3.05, 3.63) is 40.4 Å². The molecular formula is C9H5BrClN. The maximum Gasteiger partial charge on any atom is 0.0927 e. The Morgan fingerprint density at radius 3 is 2.92 bits per heavy atom. The van der Waals surface area contributed by atoms with Gasteiger partial charge in [-0.25, -0.2) is 0 Å². The molecule has 0 radical (unpaired) electrons. The molecule has 60 valence electrons. The van der Waals surface area contributed by atoms with Crippen molar-refractivity contribution in [1.82, 2.24) is 0 Å². The first-order valence-electron chi connectivity index (χ1n) is 3.25. The van der Waals surface area contributed by atoms with E-state index < -0.39 is 0 Å². The minimum atomic E-state index is 0.457. The maximum atomic E-state index is 8.34. The molecular weight excluding hydrogens is 237 g/mol. The van der Waals surface area contributed by atoms with Crippen LogP contribution in [0, 0.1) is 11.3 Å². The lowest BCUT2D eigenvalue weighted by atomic mass is 10.2. The molecule has 0 aliphatic carbocycles. The van der Waals surface area contributed by atoms with Crippen molar-refractivity contribution < 1.29 is 0 Å². The highest BCUT2D eigenvalue weighted by Gasteiger charge is 1.96. The predicted octanol–water partition coefficient (Wildman–Crippen LogP) is 3.55. The van der Waals surface area contributed by atoms with Crippen LogP contribution in [0.3, 0.4) is 0 Å². The van der Waals surface area contributed by atoms with Gasteiger partial charge in [0.05, 0.1) is 11.1 Å². The second kappa shape index (κ2) is 4.30. The van der Waals surface area contributed by atoms with Gasteiger partial charge in [-0.3, -0.25) is 0 Å². The molecule has 1 aromatic rings. The van der Waals surface area contributed by atoms with Crippen molar-refractivity contribution in [2.24, 2.45) is 0 Å². The fourth-order valence-corrected chi connectivity index (χ4v) is 1.34. The number of halogens is 2. The van der Waals surface area contributed by atoms with E-state index in [0.717, 1.165) is 10.0 Å². The van der Waals surface area contributed by atoms with E-state index in [4.69, 9.17) is 16.9 Å². The van der Waals surface area contributed by atoms with Gasteiger partial charge >= 0.3 is 0 Å². The van der Waals surface area contributed by atoms with E-state index in [2.05, 4.69) is 15.9 Å². The molecule has 1 aromatic carbocycles. The number of nitrogens with zero attached hydrogens (tertiary/aromatic N) is 1. The van der Waals surface area contributed by atoms with Crippen LogP contribution in [0.15, 0.2) is 34.8 Å². The molecule has 0 saturated heterocycles. The van der Waals surface area contributed by atoms with Crippen LogP contribution in [0.5, 0.6) is 0 Å². The van der Waals surface area contributed by atoms with Gasteiger partial charge in [0.1, 0.15) is 0 Å². The summed E-state index contributed by atoms with van der Waals surface area (Å²) in [5.41, 5.74) is 0.840. The molecule has 0 saturated carbocycles. The van der Waals surface area contributed by atoms with Crippen molar-refractivity contribution in [2.75, 3.05) is 0 Å². The lowest BCUT2D eigenvalue weighted by Gasteiger charge is -1.96. The van der Waals surface area contributed by atoms with Gasteiger partial charge in [0.25, 0.3) is 0 Å². The third kappa shape index (κ3) is 2.37. The van der Waals surface area contributed by atoms with E-state index in [-0.39, 0.29) is 0 Å². The number of hydrogen-bond acceptors (Lipinski definition) is 1. The van der Waals surface area contributed by atoms with Crippen LogP contribution in [-0.2, 0) is 0 Å². The fraction of sp³-hybridized carbons (Fsp3) is 0. The Kier molecular flexibility index (Phi) is 3.33. The first-order chi connectivity index (χ1) is 5.74. The topological polar surface area (TPSA) is 23.8 Å². The zero-order chi connectivity index (χ0) is 8.97. The van der Waals surface area contributed by atoms with Gasteiger partial charge in [-0.15, -0.1) is 0 Å². The summed E-state index contributed by atoms with van der Waals surface area (Å²) >= 11 is 9.11. The van der Waals surface area contributed by atoms with Gasteiger partial charge in [-0.2, -0.15) is 5.26 Å². The second-order valence-electron chi connectivity index (χ2n) is 2.13. The SMILES string of the molecule is N#C/C=C(/Cl)c1cccc(Br)c1. The van der Waals surface area contributed by atoms with Gasteiger partial charge in [-0.05, 0) is 17.7 Å². The number of hydrogen-bond donors (Lipinski definition) is 0. The molecule has 1 nitrogen and oxygen atoms in total. The maximum absolute atomic E-state index is 8.34. The van der Waals surface area contributed by atoms with E-state index in [9.17, 15) is 0 Å². The molecule has 0 amide bonds. The first kappa shape index (κ1) is 9.31. The summed E-state index contributed by atoms with van der Waals surface area (Å²) in [6.45, 7) is 0. The van der Waals surface area contributed by atoms with E-state index in [0.29, 0.717) is 5.03 Å². The minimum Gasteiger partial charge on any atom is -0.193 e. The molecule has 12 heavy (non-hydrogen) atoms. The van der Waals surface area contributed by atoms with E-state index in [1.807, 2.05) is 30.3 Å². The van der Waals surface area contributed by atoms with Crippen LogP contribution in [0.4, 0.5) is 0 Å². The smallest absolute Gasteiger partial charge is 0.0927 e. The number of benzene rings is 1. The highest BCUT2D eigenvalue weighted by atomic mass is 79.9. The molecule has 0 heterocycles. The minimum absolute atomic E-state index is 0.457. The zero-order valence-corrected chi connectivity index (χ0v) is 8.43. The number of nitriles is 1. The van der Waals surface area contributed by atoms with Crippen LogP contribution in [-0.4, -0.2) is 0 Å². The Hall–Kier alpha value is -0.780. The zero-order valence-electron chi connectivity index (χ0n) is 6.09. The Morgan fingerprint density at radius 2 is 2.33 bits per heavy atom. The predicted molar refractivity (Wildman–Crippen MR) is 53.6 cm³/mol. The summed E-state index contributed by atoms with van der Waals surface area (Å²) < 4.78 is 0.949. The van der Waals surface area contributed by atoms with Crippen LogP contribution in [0.1, 0.15) is 5.56 Å². The molecule has 0 spiro atoms. The summed E-state index contributed by atoms with van der Waals surface area (Å²) in [6.07, 6.45) is 1.31. The molecule has 0 aliphatic rings. The van der Waals surface area contributed by atoms with Crippen LogP contribution >= 0.6 is 27.5 Å². The number of rotatable bonds is 1. The van der Waals surface area contributed by atoms with Crippen LogP contribution < -0.4 is 0 Å². The van der Waals surface area contributed by atoms with Gasteiger partial charge in [0.2, 0.25) is 0 Å². The molecule has 0 atom stereocenters. The molecule has 0 aromatic heterocycles. The quantitative estimate of drug-likeness (QED) is 0.691. The highest BCUT2D eigenvalue weighted by molar-refractivity contribution is 9.10. The van der Waals surface area contributed by atoms with Crippen molar-refractivity contribution in [3.8, 4) is 6.07 Å². The van der Waals surface area contributed by atoms with E-state index >= 15 is 0 Å². The molecule has 0 unspecified atom stereocenters. The standard InChI is InChI=1S/C9H5BrClN/c10-8-3-1-2-7(6-8)9(11)4-5-12/h1-4,6H/b9-4+. The molecule has 0 bridgehead atoms. The van der Waals surface area contributed by atoms with Crippen molar-refractivity contribution in [2.45, 2.75) is 0 Å². The number of allylic oxidation sites excluding steroid dienone is 1. The van der Waals surface area contributed by atoms with E-state index in [1.165, 1.54) is 6.08 Å². The first-order valence-corrected chi connectivity index (χ1v) is 4.42. The summed E-state index contributed by atoms with van der Waals surface area (Å²) in [6, 6.07) is 9.35. The lowest BCUT2D eigenvalue weighted by Crippen LogP contribution is -1.75. The Balaban J connectivity index is 3.05. The Morgan fingerprint density at radius 1 is 1.58 bits per heavy atom. The fourth-order valence-electron chi connectivity index (χ4n) is 0.777. The molecule has 0 fully saturated rings. The molecule has 0 aliphatic heterocycles. The van der Waals surface area contributed by atoms with Crippen molar-refractivity contribution >= 4 is 32.6 Å². The third-order valence-electron chi connectivity index (χ3n) is 1.29. The molecule has 0 N–H and O–H groups in total. The Bertz CT molecular complexity index is 352. The summed E-state index contributed by atoms with van der Waals surface area (Å²) in [5, 5.41) is 8.80. The average Bonchev–Trinajstić information content (AvgIpc) is 2.05. The van der Waals surface area contributed by atoms with Gasteiger partial charge in [-0.1, -0.05) is 39.7 Å². The van der Waals surface area contributed by atoms with Crippen molar-refractivity contribution in [3.63, 3.8) is 0 Å². The molecule has 1 rings (SSSR count). The largest absolute Gasteiger partial charge is 0.193 e. The van der Waals surface area contributed by atoms with Crippen LogP contribution in [0.25, 0.3) is 5.03 Å². The Labute approximate surface area is 84.4 Å². The molecule has 3 heteroatoms. The lowest BCUT2D eigenvalue weighted by molar-refractivity contribution is 1.53. The summed E-state index contributed by atoms with van der Waals surface area (Å²) in [5.74, 6) is 0. The highest BCUT2D eigenvalue weighted by Crippen LogP contribution is 2.21. The third-order valence-corrected chi connectivity index (χ3v) is 2.11. The normalized spacial score (nSPS) is 10.9. The van der Waals surface area contributed by atoms with Gasteiger partial charge < -0.3 is 0 Å². The second-order valence-corrected chi connectivity index (χ2v) is 3.45. The van der Waals surface area contributed by atoms with E-state index in [1.54, 1.807) is 0 Å². The monoisotopic (exact) mass is 241 g/mol. The average molecular weight is 243 g/mol. The van der Waals surface area contributed by atoms with Crippen LogP contribution in [0.2, 0.25) is 0 Å². The summed E-state index contributed by atoms with van der Waals surface area (Å²) in [7, 11) is 0.